The fourth-order valence-corrected chi connectivity index (χ4v) is 3.76. The minimum atomic E-state index is -0.0425. The zero-order valence-electron chi connectivity index (χ0n) is 12.0. The van der Waals surface area contributed by atoms with E-state index in [1.54, 1.807) is 30.0 Å². The molecule has 3 aromatic rings. The summed E-state index contributed by atoms with van der Waals surface area (Å²) in [5.41, 5.74) is 0. The van der Waals surface area contributed by atoms with Crippen LogP contribution < -0.4 is 5.32 Å². The van der Waals surface area contributed by atoms with Crippen LogP contribution in [0.25, 0.3) is 10.2 Å². The van der Waals surface area contributed by atoms with Gasteiger partial charge in [0.05, 0.1) is 18.6 Å². The maximum atomic E-state index is 11.9. The van der Waals surface area contributed by atoms with Crippen LogP contribution in [0, 0.1) is 0 Å². The van der Waals surface area contributed by atoms with Crippen molar-refractivity contribution in [3.8, 4) is 0 Å². The summed E-state index contributed by atoms with van der Waals surface area (Å²) in [6, 6.07) is 5.75. The monoisotopic (exact) mass is 333 g/mol. The van der Waals surface area contributed by atoms with E-state index < -0.39 is 0 Å². The smallest absolute Gasteiger partial charge is 0.230 e. The van der Waals surface area contributed by atoms with Crippen molar-refractivity contribution in [1.82, 2.24) is 15.3 Å². The summed E-state index contributed by atoms with van der Waals surface area (Å²) in [7, 11) is 0. The van der Waals surface area contributed by atoms with Crippen molar-refractivity contribution < 1.29 is 9.21 Å². The lowest BCUT2D eigenvalue weighted by atomic mass is 10.3. The number of thioether (sulfide) groups is 1. The summed E-state index contributed by atoms with van der Waals surface area (Å²) in [4.78, 5) is 22.7. The van der Waals surface area contributed by atoms with E-state index in [2.05, 4.69) is 28.3 Å². The Bertz CT molecular complexity index is 768. The summed E-state index contributed by atoms with van der Waals surface area (Å²) in [6.07, 6.45) is 4.13. The maximum Gasteiger partial charge on any atom is 0.230 e. The molecule has 0 aliphatic rings. The molecule has 3 rings (SSSR count). The minimum absolute atomic E-state index is 0.0425. The van der Waals surface area contributed by atoms with Crippen molar-refractivity contribution in [2.75, 3.05) is 5.75 Å². The molecule has 3 heterocycles. The normalized spacial score (nSPS) is 11.0. The average molecular weight is 333 g/mol. The number of amides is 1. The number of furan rings is 1. The van der Waals surface area contributed by atoms with Gasteiger partial charge in [0.25, 0.3) is 0 Å². The van der Waals surface area contributed by atoms with Crippen molar-refractivity contribution in [2.45, 2.75) is 24.9 Å². The van der Waals surface area contributed by atoms with E-state index in [9.17, 15) is 4.79 Å². The van der Waals surface area contributed by atoms with Crippen molar-refractivity contribution in [2.24, 2.45) is 0 Å². The van der Waals surface area contributed by atoms with Gasteiger partial charge in [0.1, 0.15) is 21.9 Å². The molecule has 0 fully saturated rings. The molecule has 7 heteroatoms. The van der Waals surface area contributed by atoms with E-state index in [1.807, 2.05) is 6.07 Å². The molecular weight excluding hydrogens is 318 g/mol. The molecule has 0 bridgehead atoms. The van der Waals surface area contributed by atoms with Crippen LogP contribution in [0.15, 0.2) is 40.2 Å². The molecule has 0 saturated heterocycles. The highest BCUT2D eigenvalue weighted by Gasteiger charge is 2.10. The Balaban J connectivity index is 1.61. The predicted molar refractivity (Wildman–Crippen MR) is 88.1 cm³/mol. The van der Waals surface area contributed by atoms with Gasteiger partial charge in [-0.2, -0.15) is 0 Å². The first-order valence-electron chi connectivity index (χ1n) is 6.91. The predicted octanol–water partition coefficient (Wildman–Crippen LogP) is 3.26. The van der Waals surface area contributed by atoms with Crippen LogP contribution >= 0.6 is 23.1 Å². The maximum absolute atomic E-state index is 11.9. The molecular formula is C15H15N3O2S2. The second kappa shape index (κ2) is 6.93. The molecule has 3 aromatic heterocycles. The molecule has 0 aliphatic carbocycles. The minimum Gasteiger partial charge on any atom is -0.467 e. The third-order valence-corrected chi connectivity index (χ3v) is 5.26. The summed E-state index contributed by atoms with van der Waals surface area (Å²) >= 11 is 3.11. The van der Waals surface area contributed by atoms with Crippen LogP contribution in [-0.4, -0.2) is 21.6 Å². The molecule has 0 unspecified atom stereocenters. The Morgan fingerprint density at radius 1 is 1.45 bits per heavy atom. The molecule has 0 aliphatic heterocycles. The van der Waals surface area contributed by atoms with Crippen LogP contribution in [0.3, 0.4) is 0 Å². The van der Waals surface area contributed by atoms with E-state index in [0.29, 0.717) is 12.3 Å². The first kappa shape index (κ1) is 15.1. The van der Waals surface area contributed by atoms with Crippen LogP contribution in [0.2, 0.25) is 0 Å². The van der Waals surface area contributed by atoms with Crippen molar-refractivity contribution in [3.05, 3.63) is 41.4 Å². The second-order valence-corrected chi connectivity index (χ2v) is 6.69. The van der Waals surface area contributed by atoms with Gasteiger partial charge in [-0.3, -0.25) is 4.79 Å². The van der Waals surface area contributed by atoms with Crippen LogP contribution in [-0.2, 0) is 17.8 Å². The molecule has 1 N–H and O–H groups in total. The Hall–Kier alpha value is -1.86. The van der Waals surface area contributed by atoms with Crippen molar-refractivity contribution in [3.63, 3.8) is 0 Å². The Labute approximate surface area is 136 Å². The third kappa shape index (κ3) is 3.48. The number of nitrogens with one attached hydrogen (secondary N) is 1. The molecule has 5 nitrogen and oxygen atoms in total. The number of fused-ring (bicyclic) bond motifs is 1. The van der Waals surface area contributed by atoms with E-state index in [4.69, 9.17) is 4.42 Å². The van der Waals surface area contributed by atoms with Crippen LogP contribution in [0.1, 0.15) is 17.6 Å². The molecule has 0 aromatic carbocycles. The summed E-state index contributed by atoms with van der Waals surface area (Å²) in [6.45, 7) is 2.52. The fraction of sp³-hybridized carbons (Fsp3) is 0.267. The first-order chi connectivity index (χ1) is 10.8. The van der Waals surface area contributed by atoms with Crippen molar-refractivity contribution >= 4 is 39.2 Å². The Kier molecular flexibility index (Phi) is 4.74. The Morgan fingerprint density at radius 3 is 3.14 bits per heavy atom. The van der Waals surface area contributed by atoms with Gasteiger partial charge in [0.2, 0.25) is 5.91 Å². The molecule has 1 amide bonds. The van der Waals surface area contributed by atoms with E-state index in [0.717, 1.165) is 27.4 Å². The van der Waals surface area contributed by atoms with E-state index in [1.165, 1.54) is 16.6 Å². The highest BCUT2D eigenvalue weighted by Crippen LogP contribution is 2.30. The molecule has 0 radical (unpaired) electrons. The van der Waals surface area contributed by atoms with Gasteiger partial charge in [-0.15, -0.1) is 11.3 Å². The van der Waals surface area contributed by atoms with Crippen LogP contribution in [0.4, 0.5) is 0 Å². The van der Waals surface area contributed by atoms with Crippen LogP contribution in [0.5, 0.6) is 0 Å². The van der Waals surface area contributed by atoms with E-state index in [-0.39, 0.29) is 5.91 Å². The van der Waals surface area contributed by atoms with Gasteiger partial charge in [-0.25, -0.2) is 9.97 Å². The fourth-order valence-electron chi connectivity index (χ4n) is 1.96. The van der Waals surface area contributed by atoms with Gasteiger partial charge < -0.3 is 9.73 Å². The van der Waals surface area contributed by atoms with Gasteiger partial charge in [0, 0.05) is 10.3 Å². The van der Waals surface area contributed by atoms with Gasteiger partial charge in [0.15, 0.2) is 0 Å². The standard InChI is InChI=1S/C15H15N3O2S2/c1-2-11-6-12-14(17-9-18-15(12)22-11)21-8-13(19)16-7-10-4-3-5-20-10/h3-6,9H,2,7-8H2,1H3,(H,16,19). The Morgan fingerprint density at radius 2 is 2.36 bits per heavy atom. The lowest BCUT2D eigenvalue weighted by Crippen LogP contribution is -2.24. The lowest BCUT2D eigenvalue weighted by molar-refractivity contribution is -0.118. The number of carbonyl (C=O) groups excluding carboxylic acids is 1. The highest BCUT2D eigenvalue weighted by molar-refractivity contribution is 8.00. The highest BCUT2D eigenvalue weighted by atomic mass is 32.2. The molecule has 114 valence electrons. The number of nitrogens with zero attached hydrogens (tertiary/aromatic N) is 2. The number of thiophene rings is 1. The van der Waals surface area contributed by atoms with Gasteiger partial charge in [-0.05, 0) is 24.6 Å². The molecule has 0 saturated carbocycles. The van der Waals surface area contributed by atoms with E-state index >= 15 is 0 Å². The zero-order chi connectivity index (χ0) is 15.4. The number of aromatic nitrogens is 2. The number of carbonyl (C=O) groups is 1. The second-order valence-electron chi connectivity index (χ2n) is 4.61. The molecule has 0 atom stereocenters. The molecule has 22 heavy (non-hydrogen) atoms. The van der Waals surface area contributed by atoms with Crippen molar-refractivity contribution in [1.29, 1.82) is 0 Å². The third-order valence-electron chi connectivity index (χ3n) is 3.07. The summed E-state index contributed by atoms with van der Waals surface area (Å²) < 4.78 is 5.18. The quantitative estimate of drug-likeness (QED) is 0.554. The number of aryl methyl sites for hydroxylation is 1. The average Bonchev–Trinajstić information content (AvgIpc) is 3.19. The zero-order valence-corrected chi connectivity index (χ0v) is 13.7. The number of hydrogen-bond donors (Lipinski definition) is 1. The van der Waals surface area contributed by atoms with Gasteiger partial charge >= 0.3 is 0 Å². The first-order valence-corrected chi connectivity index (χ1v) is 8.71. The number of rotatable bonds is 6. The largest absolute Gasteiger partial charge is 0.467 e. The topological polar surface area (TPSA) is 68.0 Å². The van der Waals surface area contributed by atoms with Gasteiger partial charge in [-0.1, -0.05) is 18.7 Å². The number of hydrogen-bond acceptors (Lipinski definition) is 6. The summed E-state index contributed by atoms with van der Waals surface area (Å²) in [5, 5.41) is 4.72. The summed E-state index contributed by atoms with van der Waals surface area (Å²) in [5.74, 6) is 1.02. The SMILES string of the molecule is CCc1cc2c(SCC(=O)NCc3ccco3)ncnc2s1. The lowest BCUT2D eigenvalue weighted by Gasteiger charge is -2.03. The molecule has 0 spiro atoms.